The summed E-state index contributed by atoms with van der Waals surface area (Å²) in [6.45, 7) is 8.89. The maximum Gasteiger partial charge on any atom is 0.430 e. The Bertz CT molecular complexity index is 1450. The summed E-state index contributed by atoms with van der Waals surface area (Å²) < 4.78 is 74.4. The van der Waals surface area contributed by atoms with E-state index in [-0.39, 0.29) is 30.1 Å². The van der Waals surface area contributed by atoms with Crippen molar-refractivity contribution in [3.05, 3.63) is 0 Å². The van der Waals surface area contributed by atoms with Crippen LogP contribution >= 0.6 is 0 Å². The number of hydrogen-bond donors (Lipinski definition) is 4. The molecule has 6 aliphatic heterocycles. The number of esters is 1. The lowest BCUT2D eigenvalue weighted by molar-refractivity contribution is -0.598. The summed E-state index contributed by atoms with van der Waals surface area (Å²) in [4.78, 5) is 31.1. The molecule has 10 atom stereocenters. The number of nitrogens with zero attached hydrogens (tertiary/aromatic N) is 2. The molecule has 12 nitrogen and oxygen atoms in total. The SMILES string of the molecule is CCCCCCC[C@@H]1C[C@@H]2CC[C@H]3[C@H](C(=O)O[C@H](C)CCCCCCC[C@@H]4C[C@@H]5CC[C@@H]6C[C@H](C)NC(=[N+]65)N4)[C@H](C)NC(=[N+]23)N1.O=C([O-])C(F)(F)F.O=C([O-])C(F)(F)F. The summed E-state index contributed by atoms with van der Waals surface area (Å²) >= 11 is 0. The zero-order chi connectivity index (χ0) is 43.5. The van der Waals surface area contributed by atoms with E-state index in [1.165, 1.54) is 121 Å². The summed E-state index contributed by atoms with van der Waals surface area (Å²) in [6, 6.07) is 4.22. The normalized spacial score (nSPS) is 29.8. The Morgan fingerprint density at radius 1 is 0.678 bits per heavy atom. The van der Waals surface area contributed by atoms with Crippen molar-refractivity contribution in [2.24, 2.45) is 5.92 Å². The number of carbonyl (C=O) groups is 3. The Labute approximate surface area is 344 Å². The zero-order valence-corrected chi connectivity index (χ0v) is 35.0. The van der Waals surface area contributed by atoms with Crippen LogP contribution in [0.15, 0.2) is 0 Å². The molecule has 6 rings (SSSR count). The first kappa shape index (κ1) is 48.2. The molecule has 0 saturated carbocycles. The van der Waals surface area contributed by atoms with Crippen molar-refractivity contribution in [1.29, 1.82) is 0 Å². The monoisotopic (exact) mass is 852 g/mol. The van der Waals surface area contributed by atoms with Gasteiger partial charge in [-0.25, -0.2) is 0 Å². The summed E-state index contributed by atoms with van der Waals surface area (Å²) in [5.41, 5.74) is 0. The van der Waals surface area contributed by atoms with Gasteiger partial charge in [0.05, 0.1) is 54.4 Å². The molecule has 0 aliphatic carbocycles. The molecule has 338 valence electrons. The Morgan fingerprint density at radius 2 is 1.14 bits per heavy atom. The lowest BCUT2D eigenvalue weighted by atomic mass is 9.89. The molecule has 6 aliphatic rings. The molecule has 6 heterocycles. The number of carboxylic acid groups (broad SMARTS) is 2. The second-order valence-electron chi connectivity index (χ2n) is 17.5. The molecule has 0 radical (unpaired) electrons. The Hall–Kier alpha value is -3.47. The maximum atomic E-state index is 13.5. The molecule has 2 fully saturated rings. The van der Waals surface area contributed by atoms with Gasteiger partial charge in [0.25, 0.3) is 0 Å². The van der Waals surface area contributed by atoms with Crippen LogP contribution < -0.4 is 31.5 Å². The second kappa shape index (κ2) is 21.9. The van der Waals surface area contributed by atoms with Gasteiger partial charge >= 0.3 is 30.2 Å². The third-order valence-electron chi connectivity index (χ3n) is 12.7. The Morgan fingerprint density at radius 3 is 1.68 bits per heavy atom. The number of guanidine groups is 2. The average Bonchev–Trinajstić information content (AvgIpc) is 3.75. The van der Waals surface area contributed by atoms with Gasteiger partial charge in [-0.3, -0.25) is 35.2 Å². The van der Waals surface area contributed by atoms with E-state index in [2.05, 4.69) is 58.1 Å². The molecule has 0 bridgehead atoms. The van der Waals surface area contributed by atoms with Crippen LogP contribution in [0.1, 0.15) is 156 Å². The highest BCUT2D eigenvalue weighted by molar-refractivity contribution is 5.81. The standard InChI is InChI=1S/C37H64N6O2.2C2HF3O2/c1-5-6-7-9-13-16-29-24-32-20-21-33-34(27(4)39-37(41-29)43(32)33)35(44)45-26(3)15-12-10-8-11-14-17-28-23-31-19-18-30-22-25(2)38-36(40-28)42(30)31;2*3-2(4,5)1(6)7/h25-34H,5-24H2,1-4H3,(H2,38,39,40,41);2*(H,6,7)/t25-,26+,27-,28+,29+,30+,31-,32-,33-,34+;;/m0../s1. The number of aliphatic carboxylic acids is 2. The van der Waals surface area contributed by atoms with E-state index in [4.69, 9.17) is 24.5 Å². The van der Waals surface area contributed by atoms with Gasteiger partial charge in [-0.1, -0.05) is 64.7 Å². The minimum atomic E-state index is -5.19. The van der Waals surface area contributed by atoms with E-state index >= 15 is 0 Å². The zero-order valence-electron chi connectivity index (χ0n) is 35.0. The first-order chi connectivity index (χ1) is 27.8. The van der Waals surface area contributed by atoms with Gasteiger partial charge in [0, 0.05) is 19.3 Å². The maximum absolute atomic E-state index is 13.5. The smallest absolute Gasteiger partial charge is 0.430 e. The molecule has 0 spiro atoms. The average molecular weight is 853 g/mol. The first-order valence-corrected chi connectivity index (χ1v) is 21.9. The highest BCUT2D eigenvalue weighted by Gasteiger charge is 2.53. The van der Waals surface area contributed by atoms with Crippen molar-refractivity contribution in [3.63, 3.8) is 0 Å². The van der Waals surface area contributed by atoms with Crippen molar-refractivity contribution in [2.75, 3.05) is 0 Å². The summed E-state index contributed by atoms with van der Waals surface area (Å²) in [5, 5.41) is 32.7. The van der Waals surface area contributed by atoms with Crippen molar-refractivity contribution in [3.8, 4) is 0 Å². The molecule has 0 aromatic rings. The van der Waals surface area contributed by atoms with Gasteiger partial charge in [0.15, 0.2) is 0 Å². The number of halogens is 6. The molecule has 0 unspecified atom stereocenters. The first-order valence-electron chi connectivity index (χ1n) is 21.9. The van der Waals surface area contributed by atoms with Crippen LogP contribution in [0, 0.1) is 5.92 Å². The molecule has 2 saturated heterocycles. The molecular weight excluding hydrogens is 786 g/mol. The van der Waals surface area contributed by atoms with Gasteiger partial charge in [0.1, 0.15) is 17.9 Å². The molecule has 0 aromatic carbocycles. The van der Waals surface area contributed by atoms with Crippen LogP contribution in [0.2, 0.25) is 0 Å². The van der Waals surface area contributed by atoms with Crippen molar-refractivity contribution in [2.45, 2.75) is 223 Å². The second-order valence-corrected chi connectivity index (χ2v) is 17.5. The number of carbonyl (C=O) groups excluding carboxylic acids is 3. The van der Waals surface area contributed by atoms with Crippen molar-refractivity contribution >= 4 is 29.8 Å². The third kappa shape index (κ3) is 14.0. The molecule has 18 heteroatoms. The highest BCUT2D eigenvalue weighted by Crippen LogP contribution is 2.36. The molecule has 59 heavy (non-hydrogen) atoms. The number of unbranched alkanes of at least 4 members (excludes halogenated alkanes) is 8. The lowest BCUT2D eigenvalue weighted by Gasteiger charge is -2.38. The van der Waals surface area contributed by atoms with Crippen LogP contribution in [0.3, 0.4) is 0 Å². The Balaban J connectivity index is 0.000000471. The quantitative estimate of drug-likeness (QED) is 0.0771. The van der Waals surface area contributed by atoms with E-state index in [1.54, 1.807) is 0 Å². The number of carboxylic acids is 2. The lowest BCUT2D eigenvalue weighted by Crippen LogP contribution is -2.66. The van der Waals surface area contributed by atoms with E-state index in [0.717, 1.165) is 31.3 Å². The van der Waals surface area contributed by atoms with Gasteiger partial charge in [0.2, 0.25) is 0 Å². The van der Waals surface area contributed by atoms with Crippen molar-refractivity contribution in [1.82, 2.24) is 21.3 Å². The summed E-state index contributed by atoms with van der Waals surface area (Å²) in [5.74, 6) is -3.58. The van der Waals surface area contributed by atoms with Crippen LogP contribution in [0.25, 0.3) is 0 Å². The number of hydrogen-bond acceptors (Lipinski definition) is 10. The van der Waals surface area contributed by atoms with Crippen LogP contribution in [0.4, 0.5) is 26.3 Å². The number of rotatable bonds is 16. The number of alkyl halides is 6. The van der Waals surface area contributed by atoms with Crippen LogP contribution in [0.5, 0.6) is 0 Å². The fourth-order valence-electron chi connectivity index (χ4n) is 9.94. The Kier molecular flexibility index (Phi) is 17.9. The van der Waals surface area contributed by atoms with Crippen LogP contribution in [-0.2, 0) is 19.1 Å². The molecular formula is C41H66F6N6O6. The summed E-state index contributed by atoms with van der Waals surface area (Å²) in [6.07, 6.45) is 14.9. The number of nitrogens with one attached hydrogen (secondary N) is 4. The van der Waals surface area contributed by atoms with Gasteiger partial charge in [-0.15, -0.1) is 0 Å². The molecule has 0 aromatic heterocycles. The summed E-state index contributed by atoms with van der Waals surface area (Å²) in [7, 11) is 0. The topological polar surface area (TPSA) is 161 Å². The predicted molar refractivity (Wildman–Crippen MR) is 204 cm³/mol. The minimum absolute atomic E-state index is 0.00382. The fraction of sp³-hybridized carbons (Fsp3) is 0.878. The van der Waals surface area contributed by atoms with E-state index in [0.29, 0.717) is 24.2 Å². The largest absolute Gasteiger partial charge is 0.542 e. The third-order valence-corrected chi connectivity index (χ3v) is 12.7. The predicted octanol–water partition coefficient (Wildman–Crippen LogP) is 4.12. The minimum Gasteiger partial charge on any atom is -0.542 e. The van der Waals surface area contributed by atoms with Gasteiger partial charge < -0.3 is 24.5 Å². The van der Waals surface area contributed by atoms with Crippen molar-refractivity contribution < 1.29 is 64.8 Å². The van der Waals surface area contributed by atoms with E-state index in [1.807, 2.05) is 0 Å². The fourth-order valence-corrected chi connectivity index (χ4v) is 9.94. The highest BCUT2D eigenvalue weighted by atomic mass is 19.4. The van der Waals surface area contributed by atoms with Gasteiger partial charge in [-0.2, -0.15) is 26.3 Å². The number of ether oxygens (including phenoxy) is 1. The molecule has 0 amide bonds. The van der Waals surface area contributed by atoms with E-state index < -0.39 is 24.3 Å². The van der Waals surface area contributed by atoms with E-state index in [9.17, 15) is 31.1 Å². The molecule has 4 N–H and O–H groups in total. The van der Waals surface area contributed by atoms with Gasteiger partial charge in [-0.05, 0) is 72.1 Å². The van der Waals surface area contributed by atoms with Crippen LogP contribution in [-0.4, -0.2) is 106 Å².